The summed E-state index contributed by atoms with van der Waals surface area (Å²) in [6.07, 6.45) is 1.56. The zero-order valence-corrected chi connectivity index (χ0v) is 14.3. The van der Waals surface area contributed by atoms with Gasteiger partial charge in [-0.1, -0.05) is 6.07 Å². The molecule has 2 N–H and O–H groups in total. The molecular formula is C17H21N5O3. The number of carbonyl (C=O) groups excluding carboxylic acids is 1. The molecule has 132 valence electrons. The first-order valence-corrected chi connectivity index (χ1v) is 8.14. The largest absolute Gasteiger partial charge is 0.378 e. The van der Waals surface area contributed by atoms with Gasteiger partial charge in [0.05, 0.1) is 24.4 Å². The van der Waals surface area contributed by atoms with Crippen molar-refractivity contribution in [2.24, 2.45) is 0 Å². The van der Waals surface area contributed by atoms with Gasteiger partial charge in [-0.25, -0.2) is 4.98 Å². The van der Waals surface area contributed by atoms with Gasteiger partial charge in [-0.05, 0) is 26.0 Å². The van der Waals surface area contributed by atoms with E-state index in [-0.39, 0.29) is 11.5 Å². The number of aromatic amines is 1. The van der Waals surface area contributed by atoms with E-state index in [9.17, 15) is 9.59 Å². The average Bonchev–Trinajstić information content (AvgIpc) is 2.62. The monoisotopic (exact) mass is 343 g/mol. The van der Waals surface area contributed by atoms with Gasteiger partial charge in [0.25, 0.3) is 11.5 Å². The third-order valence-electron chi connectivity index (χ3n) is 4.00. The van der Waals surface area contributed by atoms with Crippen LogP contribution in [0.25, 0.3) is 0 Å². The lowest BCUT2D eigenvalue weighted by Gasteiger charge is -2.30. The smallest absolute Gasteiger partial charge is 0.270 e. The molecule has 0 unspecified atom stereocenters. The van der Waals surface area contributed by atoms with Crippen LogP contribution in [0.15, 0.2) is 35.3 Å². The van der Waals surface area contributed by atoms with Gasteiger partial charge in [0, 0.05) is 25.4 Å². The number of amides is 1. The molecule has 1 fully saturated rings. The fraction of sp³-hybridized carbons (Fsp3) is 0.412. The second kappa shape index (κ2) is 7.02. The second-order valence-electron chi connectivity index (χ2n) is 6.35. The summed E-state index contributed by atoms with van der Waals surface area (Å²) < 4.78 is 5.33. The van der Waals surface area contributed by atoms with Gasteiger partial charge >= 0.3 is 0 Å². The van der Waals surface area contributed by atoms with Crippen molar-refractivity contribution in [3.63, 3.8) is 0 Å². The first-order valence-electron chi connectivity index (χ1n) is 8.14. The number of H-pyrrole nitrogens is 1. The molecule has 0 aliphatic carbocycles. The molecule has 1 aliphatic rings. The summed E-state index contributed by atoms with van der Waals surface area (Å²) in [5.41, 5.74) is -0.285. The molecule has 25 heavy (non-hydrogen) atoms. The molecule has 3 heterocycles. The Balaban J connectivity index is 1.85. The van der Waals surface area contributed by atoms with Crippen molar-refractivity contribution >= 4 is 11.9 Å². The predicted molar refractivity (Wildman–Crippen MR) is 92.6 cm³/mol. The van der Waals surface area contributed by atoms with Crippen LogP contribution in [0.1, 0.15) is 30.0 Å². The summed E-state index contributed by atoms with van der Waals surface area (Å²) >= 11 is 0. The molecule has 8 heteroatoms. The predicted octanol–water partition coefficient (Wildman–Crippen LogP) is 0.667. The first kappa shape index (κ1) is 17.1. The average molecular weight is 343 g/mol. The third-order valence-corrected chi connectivity index (χ3v) is 4.00. The van der Waals surface area contributed by atoms with Crippen LogP contribution in [0.2, 0.25) is 0 Å². The zero-order chi connectivity index (χ0) is 17.9. The number of nitrogens with one attached hydrogen (secondary N) is 2. The van der Waals surface area contributed by atoms with Crippen molar-refractivity contribution in [3.8, 4) is 0 Å². The molecule has 0 radical (unpaired) electrons. The summed E-state index contributed by atoms with van der Waals surface area (Å²) in [7, 11) is 0. The normalized spacial score (nSPS) is 15.0. The van der Waals surface area contributed by atoms with Gasteiger partial charge in [-0.3, -0.25) is 19.6 Å². The van der Waals surface area contributed by atoms with Gasteiger partial charge < -0.3 is 15.0 Å². The lowest BCUT2D eigenvalue weighted by Crippen LogP contribution is -2.44. The van der Waals surface area contributed by atoms with Crippen molar-refractivity contribution < 1.29 is 9.53 Å². The molecule has 8 nitrogen and oxygen atoms in total. The fourth-order valence-electron chi connectivity index (χ4n) is 2.60. The minimum absolute atomic E-state index is 0.258. The van der Waals surface area contributed by atoms with Crippen LogP contribution in [0, 0.1) is 0 Å². The molecule has 0 atom stereocenters. The number of ether oxygens (including phenoxy) is 1. The van der Waals surface area contributed by atoms with E-state index < -0.39 is 5.54 Å². The lowest BCUT2D eigenvalue weighted by atomic mass is 10.00. The van der Waals surface area contributed by atoms with Crippen LogP contribution in [-0.2, 0) is 10.3 Å². The topological polar surface area (TPSA) is 100 Å². The molecule has 0 bridgehead atoms. The molecular weight excluding hydrogens is 322 g/mol. The van der Waals surface area contributed by atoms with Gasteiger partial charge in [0.2, 0.25) is 5.95 Å². The lowest BCUT2D eigenvalue weighted by molar-refractivity contribution is 0.0905. The van der Waals surface area contributed by atoms with Crippen molar-refractivity contribution in [1.82, 2.24) is 20.3 Å². The number of morpholine rings is 1. The molecule has 1 aliphatic heterocycles. The van der Waals surface area contributed by atoms with Gasteiger partial charge in [-0.15, -0.1) is 0 Å². The first-order chi connectivity index (χ1) is 12.0. The summed E-state index contributed by atoms with van der Waals surface area (Å²) in [5.74, 6) is 0.173. The minimum atomic E-state index is -0.829. The Morgan fingerprint density at radius 3 is 2.76 bits per heavy atom. The van der Waals surface area contributed by atoms with Gasteiger partial charge in [0.15, 0.2) is 0 Å². The Labute approximate surface area is 145 Å². The molecule has 0 saturated carbocycles. The van der Waals surface area contributed by atoms with Gasteiger partial charge in [0.1, 0.15) is 5.69 Å². The number of hydrogen-bond donors (Lipinski definition) is 2. The SMILES string of the molecule is CC(C)(NC(=O)c1ccccn1)c1cc(=O)[nH]c(N2CCOCC2)n1. The number of pyridine rings is 1. The quantitative estimate of drug-likeness (QED) is 0.846. The van der Waals surface area contributed by atoms with Crippen LogP contribution < -0.4 is 15.8 Å². The van der Waals surface area contributed by atoms with E-state index in [0.717, 1.165) is 0 Å². The standard InChI is InChI=1S/C17H21N5O3/c1-17(2,21-15(24)12-5-3-4-6-18-12)13-11-14(23)20-16(19-13)22-7-9-25-10-8-22/h3-6,11H,7-10H2,1-2H3,(H,21,24)(H,19,20,23). The van der Waals surface area contributed by atoms with E-state index in [1.54, 1.807) is 38.2 Å². The van der Waals surface area contributed by atoms with Crippen LogP contribution in [0.4, 0.5) is 5.95 Å². The maximum atomic E-state index is 12.4. The Kier molecular flexibility index (Phi) is 4.80. The minimum Gasteiger partial charge on any atom is -0.378 e. The number of hydrogen-bond acceptors (Lipinski definition) is 6. The summed E-state index contributed by atoms with van der Waals surface area (Å²) in [6, 6.07) is 6.53. The van der Waals surface area contributed by atoms with Crippen LogP contribution >= 0.6 is 0 Å². The number of aromatic nitrogens is 3. The summed E-state index contributed by atoms with van der Waals surface area (Å²) in [5, 5.41) is 2.89. The second-order valence-corrected chi connectivity index (χ2v) is 6.35. The molecule has 2 aromatic rings. The Hall–Kier alpha value is -2.74. The van der Waals surface area contributed by atoms with E-state index in [4.69, 9.17) is 4.74 Å². The van der Waals surface area contributed by atoms with Crippen LogP contribution in [0.3, 0.4) is 0 Å². The van der Waals surface area contributed by atoms with Gasteiger partial charge in [-0.2, -0.15) is 0 Å². The number of carbonyl (C=O) groups is 1. The Bertz CT molecular complexity index is 797. The van der Waals surface area contributed by atoms with Crippen molar-refractivity contribution in [1.29, 1.82) is 0 Å². The molecule has 0 spiro atoms. The highest BCUT2D eigenvalue weighted by Gasteiger charge is 2.27. The van der Waals surface area contributed by atoms with Crippen molar-refractivity contribution in [2.45, 2.75) is 19.4 Å². The fourth-order valence-corrected chi connectivity index (χ4v) is 2.60. The summed E-state index contributed by atoms with van der Waals surface area (Å²) in [6.45, 7) is 6.11. The highest BCUT2D eigenvalue weighted by molar-refractivity contribution is 5.92. The van der Waals surface area contributed by atoms with E-state index in [2.05, 4.69) is 20.3 Å². The van der Waals surface area contributed by atoms with E-state index in [1.807, 2.05) is 4.90 Å². The summed E-state index contributed by atoms with van der Waals surface area (Å²) in [4.78, 5) is 37.8. The molecule has 1 saturated heterocycles. The van der Waals surface area contributed by atoms with Crippen molar-refractivity contribution in [2.75, 3.05) is 31.2 Å². The Morgan fingerprint density at radius 2 is 2.08 bits per heavy atom. The number of nitrogens with zero attached hydrogens (tertiary/aromatic N) is 3. The third kappa shape index (κ3) is 4.03. The van der Waals surface area contributed by atoms with E-state index >= 15 is 0 Å². The maximum absolute atomic E-state index is 12.4. The zero-order valence-electron chi connectivity index (χ0n) is 14.3. The highest BCUT2D eigenvalue weighted by atomic mass is 16.5. The Morgan fingerprint density at radius 1 is 1.32 bits per heavy atom. The molecule has 2 aromatic heterocycles. The van der Waals surface area contributed by atoms with Crippen LogP contribution in [-0.4, -0.2) is 47.2 Å². The molecule has 3 rings (SSSR count). The maximum Gasteiger partial charge on any atom is 0.270 e. The van der Waals surface area contributed by atoms with E-state index in [0.29, 0.717) is 43.6 Å². The van der Waals surface area contributed by atoms with Crippen molar-refractivity contribution in [3.05, 3.63) is 52.2 Å². The highest BCUT2D eigenvalue weighted by Crippen LogP contribution is 2.19. The molecule has 0 aromatic carbocycles. The van der Waals surface area contributed by atoms with Crippen LogP contribution in [0.5, 0.6) is 0 Å². The van der Waals surface area contributed by atoms with E-state index in [1.165, 1.54) is 6.07 Å². The molecule has 1 amide bonds. The number of anilines is 1. The number of rotatable bonds is 4.